The summed E-state index contributed by atoms with van der Waals surface area (Å²) in [7, 11) is 0. The van der Waals surface area contributed by atoms with E-state index in [4.69, 9.17) is 0 Å². The molecule has 0 fully saturated rings. The molecule has 0 aromatic carbocycles. The fraction of sp³-hybridized carbons (Fsp3) is 0.333. The van der Waals surface area contributed by atoms with Gasteiger partial charge in [0.05, 0.1) is 0 Å². The molecule has 1 N–H and O–H groups in total. The first kappa shape index (κ1) is 7.28. The van der Waals surface area contributed by atoms with Crippen LogP contribution in [0.4, 0.5) is 0 Å². The van der Waals surface area contributed by atoms with Crippen molar-refractivity contribution in [3.8, 4) is 0 Å². The van der Waals surface area contributed by atoms with Crippen molar-refractivity contribution in [3.05, 3.63) is 24.3 Å². The van der Waals surface area contributed by atoms with Gasteiger partial charge < -0.3 is 4.98 Å². The van der Waals surface area contributed by atoms with Gasteiger partial charge in [-0.25, -0.2) is 4.98 Å². The predicted octanol–water partition coefficient (Wildman–Crippen LogP) is 1.55. The lowest BCUT2D eigenvalue weighted by molar-refractivity contribution is -0.114. The van der Waals surface area contributed by atoms with E-state index >= 15 is 0 Å². The highest BCUT2D eigenvalue weighted by Gasteiger charge is 2.12. The molecule has 1 aromatic rings. The summed E-state index contributed by atoms with van der Waals surface area (Å²) < 4.78 is 0. The quantitative estimate of drug-likeness (QED) is 0.680. The van der Waals surface area contributed by atoms with Gasteiger partial charge in [-0.15, -0.1) is 0 Å². The number of carbonyl (C=O) groups excluding carboxylic acids is 1. The molecule has 0 radical (unpaired) electrons. The minimum Gasteiger partial charge on any atom is -0.345 e. The second-order valence-corrected chi connectivity index (χ2v) is 2.93. The van der Waals surface area contributed by atoms with Gasteiger partial charge in [-0.2, -0.15) is 0 Å². The Morgan fingerprint density at radius 2 is 2.33 bits per heavy atom. The van der Waals surface area contributed by atoms with Crippen LogP contribution in [0.15, 0.2) is 18.5 Å². The zero-order valence-electron chi connectivity index (χ0n) is 6.71. The van der Waals surface area contributed by atoms with E-state index in [2.05, 4.69) is 9.97 Å². The molecule has 0 amide bonds. The third-order valence-electron chi connectivity index (χ3n) is 2.01. The van der Waals surface area contributed by atoms with E-state index in [1.807, 2.05) is 0 Å². The van der Waals surface area contributed by atoms with Crippen molar-refractivity contribution in [3.63, 3.8) is 0 Å². The number of carbonyl (C=O) groups is 1. The molecule has 0 spiro atoms. The Morgan fingerprint density at radius 1 is 1.42 bits per heavy atom. The molecule has 3 nitrogen and oxygen atoms in total. The normalized spacial score (nSPS) is 17.7. The Balaban J connectivity index is 2.29. The Kier molecular flexibility index (Phi) is 1.78. The maximum Gasteiger partial charge on any atom is 0.156 e. The largest absolute Gasteiger partial charge is 0.345 e. The number of H-pyrrole nitrogens is 1. The van der Waals surface area contributed by atoms with Crippen LogP contribution in [-0.2, 0) is 4.79 Å². The van der Waals surface area contributed by atoms with Crippen LogP contribution >= 0.6 is 0 Å². The molecule has 1 heterocycles. The standard InChI is InChI=1S/C9H10N2O/c12-8-3-1-2-7(6-8)9-10-4-5-11-9/h4-6H,1-3H2,(H,10,11). The van der Waals surface area contributed by atoms with Gasteiger partial charge >= 0.3 is 0 Å². The number of aromatic nitrogens is 2. The summed E-state index contributed by atoms with van der Waals surface area (Å²) in [4.78, 5) is 18.1. The number of rotatable bonds is 1. The zero-order valence-corrected chi connectivity index (χ0v) is 6.71. The Bertz CT molecular complexity index is 311. The molecule has 1 aromatic heterocycles. The molecule has 62 valence electrons. The van der Waals surface area contributed by atoms with Crippen LogP contribution in [-0.4, -0.2) is 15.8 Å². The van der Waals surface area contributed by atoms with Gasteiger partial charge in [0.25, 0.3) is 0 Å². The summed E-state index contributed by atoms with van der Waals surface area (Å²) >= 11 is 0. The number of nitrogens with one attached hydrogen (secondary N) is 1. The molecular formula is C9H10N2O. The third-order valence-corrected chi connectivity index (χ3v) is 2.01. The highest BCUT2D eigenvalue weighted by atomic mass is 16.1. The van der Waals surface area contributed by atoms with Crippen molar-refractivity contribution in [1.82, 2.24) is 9.97 Å². The molecule has 0 bridgehead atoms. The van der Waals surface area contributed by atoms with Gasteiger partial charge in [0.1, 0.15) is 5.82 Å². The van der Waals surface area contributed by atoms with Crippen molar-refractivity contribution in [2.75, 3.05) is 0 Å². The van der Waals surface area contributed by atoms with Gasteiger partial charge in [0.2, 0.25) is 0 Å². The minimum absolute atomic E-state index is 0.215. The lowest BCUT2D eigenvalue weighted by Crippen LogP contribution is -2.02. The Labute approximate surface area is 70.5 Å². The van der Waals surface area contributed by atoms with Crippen molar-refractivity contribution in [2.45, 2.75) is 19.3 Å². The smallest absolute Gasteiger partial charge is 0.156 e. The van der Waals surface area contributed by atoms with Crippen LogP contribution in [0.1, 0.15) is 25.1 Å². The molecule has 0 saturated carbocycles. The fourth-order valence-corrected chi connectivity index (χ4v) is 1.42. The SMILES string of the molecule is O=C1C=C(c2ncc[nH]2)CCC1. The second kappa shape index (κ2) is 2.93. The van der Waals surface area contributed by atoms with Crippen LogP contribution in [0.3, 0.4) is 0 Å². The third kappa shape index (κ3) is 1.30. The van der Waals surface area contributed by atoms with Crippen LogP contribution in [0, 0.1) is 0 Å². The zero-order chi connectivity index (χ0) is 8.39. The monoisotopic (exact) mass is 162 g/mol. The first-order valence-electron chi connectivity index (χ1n) is 4.09. The molecule has 0 saturated heterocycles. The Hall–Kier alpha value is -1.38. The van der Waals surface area contributed by atoms with Crippen LogP contribution in [0.25, 0.3) is 5.57 Å². The number of hydrogen-bond donors (Lipinski definition) is 1. The summed E-state index contributed by atoms with van der Waals surface area (Å²) in [6.07, 6.45) is 7.77. The first-order chi connectivity index (χ1) is 5.86. The van der Waals surface area contributed by atoms with E-state index in [0.717, 1.165) is 24.2 Å². The van der Waals surface area contributed by atoms with E-state index in [9.17, 15) is 4.79 Å². The van der Waals surface area contributed by atoms with Gasteiger partial charge in [0.15, 0.2) is 5.78 Å². The number of ketones is 1. The summed E-state index contributed by atoms with van der Waals surface area (Å²) in [6, 6.07) is 0. The minimum atomic E-state index is 0.215. The summed E-state index contributed by atoms with van der Waals surface area (Å²) in [6.45, 7) is 0. The number of nitrogens with zero attached hydrogens (tertiary/aromatic N) is 1. The number of aromatic amines is 1. The van der Waals surface area contributed by atoms with Gasteiger partial charge in [-0.05, 0) is 24.5 Å². The maximum absolute atomic E-state index is 11.1. The van der Waals surface area contributed by atoms with Gasteiger partial charge in [-0.3, -0.25) is 4.79 Å². The second-order valence-electron chi connectivity index (χ2n) is 2.93. The van der Waals surface area contributed by atoms with E-state index < -0.39 is 0 Å². The summed E-state index contributed by atoms with van der Waals surface area (Å²) in [5.74, 6) is 1.05. The molecule has 1 aliphatic rings. The van der Waals surface area contributed by atoms with E-state index in [1.54, 1.807) is 18.5 Å². The van der Waals surface area contributed by atoms with Crippen LogP contribution in [0.2, 0.25) is 0 Å². The lowest BCUT2D eigenvalue weighted by Gasteiger charge is -2.08. The number of allylic oxidation sites excluding steroid dienone is 2. The summed E-state index contributed by atoms with van der Waals surface area (Å²) in [5.41, 5.74) is 1.04. The predicted molar refractivity (Wildman–Crippen MR) is 45.4 cm³/mol. The van der Waals surface area contributed by atoms with E-state index in [-0.39, 0.29) is 5.78 Å². The van der Waals surface area contributed by atoms with Crippen molar-refractivity contribution < 1.29 is 4.79 Å². The average Bonchev–Trinajstić information content (AvgIpc) is 2.56. The molecule has 1 aliphatic carbocycles. The summed E-state index contributed by atoms with van der Waals surface area (Å²) in [5, 5.41) is 0. The number of imidazole rings is 1. The number of hydrogen-bond acceptors (Lipinski definition) is 2. The topological polar surface area (TPSA) is 45.8 Å². The van der Waals surface area contributed by atoms with E-state index in [1.165, 1.54) is 0 Å². The van der Waals surface area contributed by atoms with E-state index in [0.29, 0.717) is 6.42 Å². The maximum atomic E-state index is 11.1. The molecule has 12 heavy (non-hydrogen) atoms. The van der Waals surface area contributed by atoms with Crippen LogP contribution < -0.4 is 0 Å². The highest BCUT2D eigenvalue weighted by molar-refractivity contribution is 5.97. The van der Waals surface area contributed by atoms with Crippen molar-refractivity contribution in [1.29, 1.82) is 0 Å². The highest BCUT2D eigenvalue weighted by Crippen LogP contribution is 2.21. The molecule has 0 unspecified atom stereocenters. The molecular weight excluding hydrogens is 152 g/mol. The van der Waals surface area contributed by atoms with Crippen molar-refractivity contribution in [2.24, 2.45) is 0 Å². The van der Waals surface area contributed by atoms with Gasteiger partial charge in [-0.1, -0.05) is 0 Å². The molecule has 3 heteroatoms. The molecule has 0 aliphatic heterocycles. The fourth-order valence-electron chi connectivity index (χ4n) is 1.42. The molecule has 2 rings (SSSR count). The first-order valence-corrected chi connectivity index (χ1v) is 4.09. The molecule has 0 atom stereocenters. The van der Waals surface area contributed by atoms with Crippen molar-refractivity contribution >= 4 is 11.4 Å². The van der Waals surface area contributed by atoms with Gasteiger partial charge in [0, 0.05) is 18.8 Å². The average molecular weight is 162 g/mol. The van der Waals surface area contributed by atoms with Crippen LogP contribution in [0.5, 0.6) is 0 Å². The Morgan fingerprint density at radius 3 is 3.00 bits per heavy atom. The lowest BCUT2D eigenvalue weighted by atomic mass is 9.98.